The third-order valence-electron chi connectivity index (χ3n) is 2.11. The van der Waals surface area contributed by atoms with Gasteiger partial charge in [0.1, 0.15) is 12.1 Å². The fourth-order valence-corrected chi connectivity index (χ4v) is 1.18. The lowest BCUT2D eigenvalue weighted by molar-refractivity contribution is -0.118. The van der Waals surface area contributed by atoms with Crippen molar-refractivity contribution in [3.05, 3.63) is 16.8 Å². The molecule has 1 heterocycles. The number of hydrogen-bond donors (Lipinski definition) is 0. The highest BCUT2D eigenvalue weighted by molar-refractivity contribution is 5.77. The summed E-state index contributed by atoms with van der Waals surface area (Å²) in [5, 5.41) is 3.89. The largest absolute Gasteiger partial charge is 0.345 e. The Kier molecular flexibility index (Phi) is 3.62. The number of ketones is 1. The van der Waals surface area contributed by atoms with Crippen molar-refractivity contribution in [2.75, 3.05) is 0 Å². The molecule has 1 aromatic heterocycles. The number of aromatic nitrogens is 3. The molecule has 5 heteroatoms. The number of carbonyl (C=O) groups is 1. The van der Waals surface area contributed by atoms with Crippen LogP contribution in [0.4, 0.5) is 0 Å². The maximum Gasteiger partial charge on any atom is 0.345 e. The van der Waals surface area contributed by atoms with Crippen LogP contribution < -0.4 is 5.69 Å². The van der Waals surface area contributed by atoms with Crippen molar-refractivity contribution in [3.8, 4) is 0 Å². The lowest BCUT2D eigenvalue weighted by Crippen LogP contribution is -2.23. The standard InChI is InChI=1S/C9H15N3O2/c1-3-8(13)5-4-6-12-9(14)11(2)7-10-12/h7H,3-6H2,1-2H3. The minimum atomic E-state index is -0.131. The molecule has 0 fully saturated rings. The lowest BCUT2D eigenvalue weighted by atomic mass is 10.2. The smallest absolute Gasteiger partial charge is 0.300 e. The highest BCUT2D eigenvalue weighted by atomic mass is 16.2. The molecule has 0 saturated carbocycles. The van der Waals surface area contributed by atoms with Gasteiger partial charge in [-0.3, -0.25) is 9.36 Å². The zero-order valence-corrected chi connectivity index (χ0v) is 8.56. The molecular formula is C9H15N3O2. The Labute approximate surface area is 82.3 Å². The molecule has 0 radical (unpaired) electrons. The molecule has 0 unspecified atom stereocenters. The van der Waals surface area contributed by atoms with Gasteiger partial charge in [0.2, 0.25) is 0 Å². The third-order valence-corrected chi connectivity index (χ3v) is 2.11. The minimum absolute atomic E-state index is 0.131. The van der Waals surface area contributed by atoms with Crippen LogP contribution in [0.5, 0.6) is 0 Å². The molecule has 5 nitrogen and oxygen atoms in total. The monoisotopic (exact) mass is 197 g/mol. The molecule has 0 amide bonds. The Morgan fingerprint density at radius 2 is 2.29 bits per heavy atom. The summed E-state index contributed by atoms with van der Waals surface area (Å²) >= 11 is 0. The molecule has 1 aromatic rings. The predicted octanol–water partition coefficient (Wildman–Crippen LogP) is 0.341. The van der Waals surface area contributed by atoms with Crippen molar-refractivity contribution >= 4 is 5.78 Å². The fourth-order valence-electron chi connectivity index (χ4n) is 1.18. The van der Waals surface area contributed by atoms with E-state index in [-0.39, 0.29) is 11.5 Å². The highest BCUT2D eigenvalue weighted by Crippen LogP contribution is 1.95. The van der Waals surface area contributed by atoms with Crippen LogP contribution in [0.1, 0.15) is 26.2 Å². The third kappa shape index (κ3) is 2.55. The van der Waals surface area contributed by atoms with Crippen molar-refractivity contribution in [3.63, 3.8) is 0 Å². The van der Waals surface area contributed by atoms with Crippen molar-refractivity contribution in [1.29, 1.82) is 0 Å². The average Bonchev–Trinajstić information content (AvgIpc) is 2.49. The van der Waals surface area contributed by atoms with Gasteiger partial charge in [-0.15, -0.1) is 0 Å². The Hall–Kier alpha value is -1.39. The second kappa shape index (κ2) is 4.74. The second-order valence-electron chi connectivity index (χ2n) is 3.24. The van der Waals surface area contributed by atoms with E-state index in [0.717, 1.165) is 0 Å². The Balaban J connectivity index is 2.43. The number of carbonyl (C=O) groups excluding carboxylic acids is 1. The molecule has 14 heavy (non-hydrogen) atoms. The van der Waals surface area contributed by atoms with Crippen molar-refractivity contribution in [1.82, 2.24) is 14.3 Å². The van der Waals surface area contributed by atoms with E-state index >= 15 is 0 Å². The Morgan fingerprint density at radius 1 is 1.57 bits per heavy atom. The van der Waals surface area contributed by atoms with E-state index in [4.69, 9.17) is 0 Å². The molecule has 0 aromatic carbocycles. The van der Waals surface area contributed by atoms with Crippen molar-refractivity contribution in [2.24, 2.45) is 7.05 Å². The van der Waals surface area contributed by atoms with Crippen LogP contribution in [0.15, 0.2) is 11.1 Å². The summed E-state index contributed by atoms with van der Waals surface area (Å²) in [6, 6.07) is 0. The van der Waals surface area contributed by atoms with E-state index in [0.29, 0.717) is 25.8 Å². The van der Waals surface area contributed by atoms with Crippen molar-refractivity contribution in [2.45, 2.75) is 32.7 Å². The Morgan fingerprint density at radius 3 is 2.79 bits per heavy atom. The summed E-state index contributed by atoms with van der Waals surface area (Å²) in [6.45, 7) is 2.36. The maximum absolute atomic E-state index is 11.3. The van der Waals surface area contributed by atoms with Crippen LogP contribution >= 0.6 is 0 Å². The van der Waals surface area contributed by atoms with Gasteiger partial charge in [0.05, 0.1) is 0 Å². The van der Waals surface area contributed by atoms with Crippen LogP contribution in [0, 0.1) is 0 Å². The average molecular weight is 197 g/mol. The minimum Gasteiger partial charge on any atom is -0.300 e. The maximum atomic E-state index is 11.3. The van der Waals surface area contributed by atoms with E-state index in [1.807, 2.05) is 6.92 Å². The van der Waals surface area contributed by atoms with Gasteiger partial charge in [-0.05, 0) is 6.42 Å². The Bertz CT molecular complexity index is 364. The van der Waals surface area contributed by atoms with Gasteiger partial charge >= 0.3 is 5.69 Å². The van der Waals surface area contributed by atoms with E-state index in [2.05, 4.69) is 5.10 Å². The summed E-state index contributed by atoms with van der Waals surface area (Å²) in [7, 11) is 1.66. The van der Waals surface area contributed by atoms with E-state index < -0.39 is 0 Å². The zero-order valence-electron chi connectivity index (χ0n) is 8.56. The van der Waals surface area contributed by atoms with Crippen LogP contribution in [0.25, 0.3) is 0 Å². The summed E-state index contributed by atoms with van der Waals surface area (Å²) in [5.41, 5.74) is -0.131. The molecule has 0 bridgehead atoms. The molecule has 1 rings (SSSR count). The normalized spacial score (nSPS) is 10.4. The quantitative estimate of drug-likeness (QED) is 0.684. The van der Waals surface area contributed by atoms with Gasteiger partial charge in [-0.1, -0.05) is 6.92 Å². The van der Waals surface area contributed by atoms with E-state index in [9.17, 15) is 9.59 Å². The van der Waals surface area contributed by atoms with Gasteiger partial charge in [0, 0.05) is 26.4 Å². The number of hydrogen-bond acceptors (Lipinski definition) is 3. The van der Waals surface area contributed by atoms with E-state index in [1.54, 1.807) is 7.05 Å². The summed E-state index contributed by atoms with van der Waals surface area (Å²) in [6.07, 6.45) is 3.25. The highest BCUT2D eigenvalue weighted by Gasteiger charge is 2.02. The van der Waals surface area contributed by atoms with Gasteiger partial charge in [0.25, 0.3) is 0 Å². The van der Waals surface area contributed by atoms with Gasteiger partial charge in [0.15, 0.2) is 0 Å². The van der Waals surface area contributed by atoms with Gasteiger partial charge < -0.3 is 0 Å². The lowest BCUT2D eigenvalue weighted by Gasteiger charge is -1.98. The molecule has 0 aliphatic rings. The van der Waals surface area contributed by atoms with Crippen LogP contribution in [-0.2, 0) is 18.4 Å². The van der Waals surface area contributed by atoms with Crippen LogP contribution in [0.2, 0.25) is 0 Å². The van der Waals surface area contributed by atoms with Crippen LogP contribution in [-0.4, -0.2) is 20.1 Å². The number of nitrogens with zero attached hydrogens (tertiary/aromatic N) is 3. The number of aryl methyl sites for hydroxylation is 2. The SMILES string of the molecule is CCC(=O)CCCn1ncn(C)c1=O. The summed E-state index contributed by atoms with van der Waals surface area (Å²) in [4.78, 5) is 22.3. The molecule has 0 aliphatic carbocycles. The molecular weight excluding hydrogens is 182 g/mol. The predicted molar refractivity (Wildman–Crippen MR) is 52.0 cm³/mol. The fraction of sp³-hybridized carbons (Fsp3) is 0.667. The summed E-state index contributed by atoms with van der Waals surface area (Å²) in [5.74, 6) is 0.231. The first-order chi connectivity index (χ1) is 6.65. The van der Waals surface area contributed by atoms with E-state index in [1.165, 1.54) is 15.6 Å². The van der Waals surface area contributed by atoms with Gasteiger partial charge in [-0.25, -0.2) is 9.48 Å². The molecule has 0 atom stereocenters. The first-order valence-electron chi connectivity index (χ1n) is 4.75. The topological polar surface area (TPSA) is 56.9 Å². The molecule has 78 valence electrons. The first kappa shape index (κ1) is 10.7. The zero-order chi connectivity index (χ0) is 10.6. The molecule has 0 spiro atoms. The molecule has 0 N–H and O–H groups in total. The second-order valence-corrected chi connectivity index (χ2v) is 3.24. The first-order valence-corrected chi connectivity index (χ1v) is 4.75. The van der Waals surface area contributed by atoms with Crippen molar-refractivity contribution < 1.29 is 4.79 Å². The number of rotatable bonds is 5. The summed E-state index contributed by atoms with van der Waals surface area (Å²) < 4.78 is 2.80. The number of Topliss-reactive ketones (excluding diaryl/α,β-unsaturated/α-hetero) is 1. The molecule has 0 aliphatic heterocycles. The van der Waals surface area contributed by atoms with Gasteiger partial charge in [-0.2, -0.15) is 5.10 Å². The van der Waals surface area contributed by atoms with Crippen LogP contribution in [0.3, 0.4) is 0 Å². The molecule has 0 saturated heterocycles.